The molecule has 4 aromatic carbocycles. The van der Waals surface area contributed by atoms with Crippen LogP contribution in [0.15, 0.2) is 66.7 Å². The predicted octanol–water partition coefficient (Wildman–Crippen LogP) is 9.46. The maximum Gasteiger partial charge on any atom is 0.573 e. The summed E-state index contributed by atoms with van der Waals surface area (Å²) in [5.41, 5.74) is 3.32. The minimum atomic E-state index is -5.22. The van der Waals surface area contributed by atoms with E-state index in [1.54, 1.807) is 30.3 Å². The molecule has 0 spiro atoms. The molecule has 0 aromatic heterocycles. The Labute approximate surface area is 229 Å². The van der Waals surface area contributed by atoms with Crippen LogP contribution in [-0.2, 0) is 19.3 Å². The number of halogens is 6. The number of hydrogen-bond donors (Lipinski definition) is 0. The number of aryl methyl sites for hydroxylation is 3. The van der Waals surface area contributed by atoms with Crippen LogP contribution in [0.25, 0.3) is 10.8 Å². The van der Waals surface area contributed by atoms with Crippen molar-refractivity contribution in [2.45, 2.75) is 58.2 Å². The van der Waals surface area contributed by atoms with Gasteiger partial charge in [-0.2, -0.15) is 0 Å². The highest BCUT2D eigenvalue weighted by Crippen LogP contribution is 2.30. The van der Waals surface area contributed by atoms with Gasteiger partial charge in [-0.1, -0.05) is 68.4 Å². The lowest BCUT2D eigenvalue weighted by atomic mass is 9.99. The second-order valence-corrected chi connectivity index (χ2v) is 9.67. The Hall–Kier alpha value is -3.92. The molecule has 0 radical (unpaired) electrons. The number of ether oxygens (including phenoxy) is 1. The monoisotopic (exact) mass is 554 g/mol. The van der Waals surface area contributed by atoms with E-state index in [2.05, 4.69) is 35.6 Å². The van der Waals surface area contributed by atoms with Crippen LogP contribution in [0.1, 0.15) is 60.4 Å². The summed E-state index contributed by atoms with van der Waals surface area (Å²) in [6, 6.07) is 18.2. The van der Waals surface area contributed by atoms with Gasteiger partial charge >= 0.3 is 6.36 Å². The smallest absolute Gasteiger partial charge is 0.399 e. The molecule has 0 unspecified atom stereocenters. The number of hydrogen-bond acceptors (Lipinski definition) is 1. The largest absolute Gasteiger partial charge is 0.573 e. The number of unbranched alkanes of at least 4 members (excludes halogenated alkanes) is 3. The molecule has 7 heteroatoms. The molecule has 208 valence electrons. The van der Waals surface area contributed by atoms with Crippen molar-refractivity contribution < 1.29 is 31.1 Å². The summed E-state index contributed by atoms with van der Waals surface area (Å²) < 4.78 is 83.7. The molecule has 0 saturated carbocycles. The maximum absolute atomic E-state index is 15.2. The van der Waals surface area contributed by atoms with Gasteiger partial charge < -0.3 is 4.74 Å². The van der Waals surface area contributed by atoms with Gasteiger partial charge in [0.2, 0.25) is 5.75 Å². The van der Waals surface area contributed by atoms with Gasteiger partial charge in [-0.3, -0.25) is 0 Å². The summed E-state index contributed by atoms with van der Waals surface area (Å²) >= 11 is 0. The van der Waals surface area contributed by atoms with Gasteiger partial charge in [-0.15, -0.1) is 13.2 Å². The summed E-state index contributed by atoms with van der Waals surface area (Å²) in [7, 11) is 0. The standard InChI is InChI=1S/C33H28F6O/c1-2-3-4-5-6-22-7-9-23(10-8-22)11-12-24-14-18-28-27(19-24)17-16-26(31(28)36)15-13-25-20-29(34)32(30(35)21-25)40-33(37,38)39/h7-10,14,16-21H,2-6,13,15H2,1H3. The molecule has 0 N–H and O–H groups in total. The van der Waals surface area contributed by atoms with Crippen molar-refractivity contribution in [3.8, 4) is 17.6 Å². The van der Waals surface area contributed by atoms with E-state index in [1.807, 2.05) is 12.1 Å². The van der Waals surface area contributed by atoms with E-state index in [-0.39, 0.29) is 18.4 Å². The van der Waals surface area contributed by atoms with Gasteiger partial charge in [0.05, 0.1) is 0 Å². The minimum absolute atomic E-state index is 0.0175. The zero-order chi connectivity index (χ0) is 28.7. The molecule has 0 fully saturated rings. The Kier molecular flexibility index (Phi) is 9.42. The lowest BCUT2D eigenvalue weighted by Gasteiger charge is -2.12. The van der Waals surface area contributed by atoms with Gasteiger partial charge in [0.15, 0.2) is 11.6 Å². The Balaban J connectivity index is 1.43. The molecule has 0 aliphatic heterocycles. The van der Waals surface area contributed by atoms with E-state index >= 15 is 4.39 Å². The SMILES string of the molecule is CCCCCCc1ccc(C#Cc2ccc3c(F)c(CCc4cc(F)c(OC(F)(F)F)c(F)c4)ccc3c2)cc1. The number of rotatable bonds is 9. The number of benzene rings is 4. The highest BCUT2D eigenvalue weighted by molar-refractivity contribution is 5.85. The molecule has 4 aromatic rings. The first-order valence-electron chi connectivity index (χ1n) is 13.2. The van der Waals surface area contributed by atoms with Crippen LogP contribution >= 0.6 is 0 Å². The summed E-state index contributed by atoms with van der Waals surface area (Å²) in [5, 5.41) is 1.03. The quantitative estimate of drug-likeness (QED) is 0.114. The van der Waals surface area contributed by atoms with Crippen molar-refractivity contribution in [3.63, 3.8) is 0 Å². The van der Waals surface area contributed by atoms with Crippen LogP contribution < -0.4 is 4.74 Å². The van der Waals surface area contributed by atoms with Crippen molar-refractivity contribution in [2.24, 2.45) is 0 Å². The van der Waals surface area contributed by atoms with Gasteiger partial charge in [-0.05, 0) is 84.2 Å². The predicted molar refractivity (Wildman–Crippen MR) is 145 cm³/mol. The van der Waals surface area contributed by atoms with Gasteiger partial charge in [0, 0.05) is 16.5 Å². The molecular weight excluding hydrogens is 526 g/mol. The van der Waals surface area contributed by atoms with Crippen LogP contribution in [0, 0.1) is 29.3 Å². The summed E-state index contributed by atoms with van der Waals surface area (Å²) in [5.74, 6) is 1.33. The van der Waals surface area contributed by atoms with E-state index in [9.17, 15) is 22.0 Å². The van der Waals surface area contributed by atoms with Crippen LogP contribution in [-0.4, -0.2) is 6.36 Å². The van der Waals surface area contributed by atoms with Crippen molar-refractivity contribution in [1.82, 2.24) is 0 Å². The average Bonchev–Trinajstić information content (AvgIpc) is 2.92. The van der Waals surface area contributed by atoms with Crippen LogP contribution in [0.2, 0.25) is 0 Å². The van der Waals surface area contributed by atoms with Crippen LogP contribution in [0.3, 0.4) is 0 Å². The fourth-order valence-corrected chi connectivity index (χ4v) is 4.51. The fraction of sp³-hybridized carbons (Fsp3) is 0.273. The summed E-state index contributed by atoms with van der Waals surface area (Å²) in [4.78, 5) is 0. The molecule has 0 amide bonds. The van der Waals surface area contributed by atoms with Crippen LogP contribution in [0.4, 0.5) is 26.3 Å². The zero-order valence-corrected chi connectivity index (χ0v) is 22.0. The Morgan fingerprint density at radius 3 is 2.02 bits per heavy atom. The van der Waals surface area contributed by atoms with E-state index in [4.69, 9.17) is 0 Å². The first kappa shape index (κ1) is 29.1. The van der Waals surface area contributed by atoms with Crippen molar-refractivity contribution in [2.75, 3.05) is 0 Å². The molecule has 4 rings (SSSR count). The molecule has 0 saturated heterocycles. The van der Waals surface area contributed by atoms with E-state index < -0.39 is 29.6 Å². The molecule has 1 nitrogen and oxygen atoms in total. The molecule has 0 aliphatic rings. The third-order valence-corrected chi connectivity index (χ3v) is 6.62. The third kappa shape index (κ3) is 7.81. The highest BCUT2D eigenvalue weighted by Gasteiger charge is 2.34. The van der Waals surface area contributed by atoms with Gasteiger partial charge in [-0.25, -0.2) is 13.2 Å². The molecule has 0 heterocycles. The maximum atomic E-state index is 15.2. The first-order chi connectivity index (χ1) is 19.1. The van der Waals surface area contributed by atoms with Gasteiger partial charge in [0.1, 0.15) is 5.82 Å². The van der Waals surface area contributed by atoms with Crippen molar-refractivity contribution >= 4 is 10.8 Å². The molecule has 0 atom stereocenters. The van der Waals surface area contributed by atoms with E-state index in [0.29, 0.717) is 16.3 Å². The molecule has 0 bridgehead atoms. The van der Waals surface area contributed by atoms with Crippen molar-refractivity contribution in [1.29, 1.82) is 0 Å². The minimum Gasteiger partial charge on any atom is -0.399 e. The average molecular weight is 555 g/mol. The second-order valence-electron chi connectivity index (χ2n) is 9.67. The van der Waals surface area contributed by atoms with Crippen LogP contribution in [0.5, 0.6) is 5.75 Å². The Bertz CT molecular complexity index is 1500. The molecular formula is C33H28F6O. The Morgan fingerprint density at radius 1 is 0.675 bits per heavy atom. The first-order valence-corrected chi connectivity index (χ1v) is 13.2. The highest BCUT2D eigenvalue weighted by atomic mass is 19.4. The second kappa shape index (κ2) is 13.0. The van der Waals surface area contributed by atoms with E-state index in [1.165, 1.54) is 31.2 Å². The topological polar surface area (TPSA) is 9.23 Å². The normalized spacial score (nSPS) is 11.4. The summed E-state index contributed by atoms with van der Waals surface area (Å²) in [6.07, 6.45) is 0.834. The lowest BCUT2D eigenvalue weighted by molar-refractivity contribution is -0.276. The molecule has 0 aliphatic carbocycles. The van der Waals surface area contributed by atoms with Crippen molar-refractivity contribution in [3.05, 3.63) is 112 Å². The summed E-state index contributed by atoms with van der Waals surface area (Å²) in [6.45, 7) is 2.20. The molecule has 40 heavy (non-hydrogen) atoms. The third-order valence-electron chi connectivity index (χ3n) is 6.62. The zero-order valence-electron chi connectivity index (χ0n) is 22.0. The Morgan fingerprint density at radius 2 is 1.35 bits per heavy atom. The van der Waals surface area contributed by atoms with E-state index in [0.717, 1.165) is 29.7 Å². The fourth-order valence-electron chi connectivity index (χ4n) is 4.51. The van der Waals surface area contributed by atoms with Gasteiger partial charge in [0.25, 0.3) is 0 Å². The number of fused-ring (bicyclic) bond motifs is 1. The lowest BCUT2D eigenvalue weighted by Crippen LogP contribution is -2.19. The number of alkyl halides is 3.